The Morgan fingerprint density at radius 1 is 0.966 bits per heavy atom. The van der Waals surface area contributed by atoms with Crippen LogP contribution in [0.3, 0.4) is 0 Å². The molecule has 156 valence electrons. The molecule has 2 aromatic rings. The summed E-state index contributed by atoms with van der Waals surface area (Å²) in [5, 5.41) is 32.5. The number of nitrogens with one attached hydrogen (secondary N) is 1. The van der Waals surface area contributed by atoms with Gasteiger partial charge in [0.15, 0.2) is 6.10 Å². The number of aliphatic hydroxyl groups excluding tert-OH is 1. The van der Waals surface area contributed by atoms with Gasteiger partial charge in [0.05, 0.1) is 6.54 Å². The standard InChI is InChI=1S/C21H26N2O6/c1-13(2)11-23(12-18(24)20(27)28)21(29)22-17(19(25)26)10-14-7-8-15-5-3-4-6-16(15)9-14/h3-9,13,17-18,24H,10-12H2,1-2H3,(H,22,29)(H,25,26)(H,27,28)/t17-,18-/m1/s1. The van der Waals surface area contributed by atoms with E-state index < -0.39 is 36.7 Å². The van der Waals surface area contributed by atoms with Crippen LogP contribution in [0.4, 0.5) is 4.79 Å². The fraction of sp³-hybridized carbons (Fsp3) is 0.381. The number of hydrogen-bond donors (Lipinski definition) is 4. The summed E-state index contributed by atoms with van der Waals surface area (Å²) in [6, 6.07) is 11.3. The number of nitrogens with zero attached hydrogens (tertiary/aromatic N) is 1. The van der Waals surface area contributed by atoms with E-state index in [0.717, 1.165) is 21.2 Å². The van der Waals surface area contributed by atoms with Crippen LogP contribution in [-0.2, 0) is 16.0 Å². The Balaban J connectivity index is 2.14. The maximum Gasteiger partial charge on any atom is 0.334 e. The Hall–Kier alpha value is -3.13. The Labute approximate surface area is 168 Å². The number of carbonyl (C=O) groups is 3. The molecule has 8 heteroatoms. The van der Waals surface area contributed by atoms with Crippen molar-refractivity contribution < 1.29 is 29.7 Å². The fourth-order valence-corrected chi connectivity index (χ4v) is 3.01. The summed E-state index contributed by atoms with van der Waals surface area (Å²) in [4.78, 5) is 36.3. The van der Waals surface area contributed by atoms with Crippen LogP contribution in [0.1, 0.15) is 19.4 Å². The fourth-order valence-electron chi connectivity index (χ4n) is 3.01. The summed E-state index contributed by atoms with van der Waals surface area (Å²) in [5.41, 5.74) is 0.748. The van der Waals surface area contributed by atoms with Gasteiger partial charge in [-0.25, -0.2) is 14.4 Å². The number of rotatable bonds is 9. The molecule has 4 N–H and O–H groups in total. The predicted octanol–water partition coefficient (Wildman–Crippen LogP) is 1.95. The maximum atomic E-state index is 12.6. The number of hydrogen-bond acceptors (Lipinski definition) is 4. The lowest BCUT2D eigenvalue weighted by Crippen LogP contribution is -2.52. The molecule has 29 heavy (non-hydrogen) atoms. The molecule has 2 aromatic carbocycles. The van der Waals surface area contributed by atoms with E-state index in [9.17, 15) is 24.6 Å². The van der Waals surface area contributed by atoms with Gasteiger partial charge in [-0.05, 0) is 22.3 Å². The molecule has 0 aromatic heterocycles. The normalized spacial score (nSPS) is 13.1. The van der Waals surface area contributed by atoms with Gasteiger partial charge in [-0.3, -0.25) is 0 Å². The highest BCUT2D eigenvalue weighted by atomic mass is 16.4. The van der Waals surface area contributed by atoms with Crippen molar-refractivity contribution in [3.8, 4) is 0 Å². The molecule has 0 saturated heterocycles. The number of benzene rings is 2. The van der Waals surface area contributed by atoms with Gasteiger partial charge in [-0.1, -0.05) is 56.3 Å². The van der Waals surface area contributed by atoms with Crippen molar-refractivity contribution in [1.82, 2.24) is 10.2 Å². The molecule has 0 aliphatic rings. The third kappa shape index (κ3) is 6.46. The van der Waals surface area contributed by atoms with Crippen LogP contribution in [0.15, 0.2) is 42.5 Å². The van der Waals surface area contributed by atoms with E-state index in [0.29, 0.717) is 0 Å². The number of fused-ring (bicyclic) bond motifs is 1. The lowest BCUT2D eigenvalue weighted by Gasteiger charge is -2.27. The van der Waals surface area contributed by atoms with Crippen LogP contribution in [0.25, 0.3) is 10.8 Å². The molecule has 0 bridgehead atoms. The van der Waals surface area contributed by atoms with Crippen LogP contribution in [0.2, 0.25) is 0 Å². The van der Waals surface area contributed by atoms with Gasteiger partial charge in [0.1, 0.15) is 6.04 Å². The first-order valence-electron chi connectivity index (χ1n) is 9.34. The summed E-state index contributed by atoms with van der Waals surface area (Å²) in [5.74, 6) is -2.64. The van der Waals surface area contributed by atoms with Gasteiger partial charge in [-0.2, -0.15) is 0 Å². The molecular weight excluding hydrogens is 376 g/mol. The zero-order chi connectivity index (χ0) is 21.6. The second kappa shape index (κ2) is 9.88. The molecular formula is C21H26N2O6. The smallest absolute Gasteiger partial charge is 0.334 e. The molecule has 2 atom stereocenters. The number of carbonyl (C=O) groups excluding carboxylic acids is 1. The number of aliphatic hydroxyl groups is 1. The minimum Gasteiger partial charge on any atom is -0.480 e. The minimum absolute atomic E-state index is 0.00510. The number of carboxylic acids is 2. The zero-order valence-corrected chi connectivity index (χ0v) is 16.4. The van der Waals surface area contributed by atoms with E-state index in [1.54, 1.807) is 0 Å². The van der Waals surface area contributed by atoms with E-state index in [1.807, 2.05) is 56.3 Å². The van der Waals surface area contributed by atoms with Crippen molar-refractivity contribution in [2.45, 2.75) is 32.4 Å². The molecule has 0 saturated carbocycles. The maximum absolute atomic E-state index is 12.6. The lowest BCUT2D eigenvalue weighted by molar-refractivity contribution is -0.147. The zero-order valence-electron chi connectivity index (χ0n) is 16.4. The molecule has 0 spiro atoms. The van der Waals surface area contributed by atoms with Crippen molar-refractivity contribution in [2.24, 2.45) is 5.92 Å². The van der Waals surface area contributed by atoms with Crippen LogP contribution in [0.5, 0.6) is 0 Å². The lowest BCUT2D eigenvalue weighted by atomic mass is 10.0. The molecule has 8 nitrogen and oxygen atoms in total. The second-order valence-corrected chi connectivity index (χ2v) is 7.38. The highest BCUT2D eigenvalue weighted by molar-refractivity contribution is 5.85. The monoisotopic (exact) mass is 402 g/mol. The largest absolute Gasteiger partial charge is 0.480 e. The Bertz CT molecular complexity index is 882. The number of amides is 2. The van der Waals surface area contributed by atoms with Crippen molar-refractivity contribution >= 4 is 28.7 Å². The Kier molecular flexibility index (Phi) is 7.55. The van der Waals surface area contributed by atoms with Gasteiger partial charge in [0.2, 0.25) is 0 Å². The molecule has 0 fully saturated rings. The van der Waals surface area contributed by atoms with E-state index in [1.165, 1.54) is 0 Å². The van der Waals surface area contributed by atoms with Gasteiger partial charge in [0.25, 0.3) is 0 Å². The molecule has 0 radical (unpaired) electrons. The van der Waals surface area contributed by atoms with Gasteiger partial charge < -0.3 is 25.5 Å². The number of carboxylic acid groups (broad SMARTS) is 2. The molecule has 0 unspecified atom stereocenters. The number of urea groups is 1. The molecule has 0 aliphatic heterocycles. The van der Waals surface area contributed by atoms with Crippen molar-refractivity contribution in [1.29, 1.82) is 0 Å². The quantitative estimate of drug-likeness (QED) is 0.508. The van der Waals surface area contributed by atoms with Gasteiger partial charge in [-0.15, -0.1) is 0 Å². The summed E-state index contributed by atoms with van der Waals surface area (Å²) in [6.07, 6.45) is -1.67. The first-order valence-corrected chi connectivity index (χ1v) is 9.34. The van der Waals surface area contributed by atoms with Crippen molar-refractivity contribution in [3.63, 3.8) is 0 Å². The topological polar surface area (TPSA) is 127 Å². The van der Waals surface area contributed by atoms with E-state index in [2.05, 4.69) is 5.32 Å². The molecule has 2 rings (SSSR count). The summed E-state index contributed by atoms with van der Waals surface area (Å²) < 4.78 is 0. The molecule has 2 amide bonds. The average molecular weight is 402 g/mol. The second-order valence-electron chi connectivity index (χ2n) is 7.38. The molecule has 0 heterocycles. The van der Waals surface area contributed by atoms with Crippen LogP contribution < -0.4 is 5.32 Å². The van der Waals surface area contributed by atoms with Crippen molar-refractivity contribution in [2.75, 3.05) is 13.1 Å². The Morgan fingerprint density at radius 2 is 1.62 bits per heavy atom. The first-order chi connectivity index (χ1) is 13.7. The van der Waals surface area contributed by atoms with Crippen LogP contribution >= 0.6 is 0 Å². The summed E-state index contributed by atoms with van der Waals surface area (Å²) in [7, 11) is 0. The highest BCUT2D eigenvalue weighted by Crippen LogP contribution is 2.17. The first kappa shape index (κ1) is 22.2. The van der Waals surface area contributed by atoms with Crippen LogP contribution in [-0.4, -0.2) is 63.4 Å². The number of aliphatic carboxylic acids is 2. The third-order valence-corrected chi connectivity index (χ3v) is 4.40. The predicted molar refractivity (Wildman–Crippen MR) is 108 cm³/mol. The minimum atomic E-state index is -1.75. The van der Waals surface area contributed by atoms with Gasteiger partial charge >= 0.3 is 18.0 Å². The van der Waals surface area contributed by atoms with Gasteiger partial charge in [0, 0.05) is 13.0 Å². The third-order valence-electron chi connectivity index (χ3n) is 4.40. The average Bonchev–Trinajstić information content (AvgIpc) is 2.66. The van der Waals surface area contributed by atoms with E-state index in [4.69, 9.17) is 5.11 Å². The Morgan fingerprint density at radius 3 is 2.21 bits per heavy atom. The van der Waals surface area contributed by atoms with E-state index in [-0.39, 0.29) is 18.9 Å². The highest BCUT2D eigenvalue weighted by Gasteiger charge is 2.27. The van der Waals surface area contributed by atoms with E-state index >= 15 is 0 Å². The SMILES string of the molecule is CC(C)CN(C[C@@H](O)C(=O)O)C(=O)N[C@H](Cc1ccc2ccccc2c1)C(=O)O. The van der Waals surface area contributed by atoms with Crippen LogP contribution in [0, 0.1) is 5.92 Å². The molecule has 0 aliphatic carbocycles. The van der Waals surface area contributed by atoms with Crippen molar-refractivity contribution in [3.05, 3.63) is 48.0 Å². The summed E-state index contributed by atoms with van der Waals surface area (Å²) >= 11 is 0. The summed E-state index contributed by atoms with van der Waals surface area (Å²) in [6.45, 7) is 3.41.